The van der Waals surface area contributed by atoms with Gasteiger partial charge >= 0.3 is 18.1 Å². The molecular formula is C18H25F3N2O4. The fourth-order valence-electron chi connectivity index (χ4n) is 2.84. The number of nitrogens with zero attached hydrogens (tertiary/aromatic N) is 1. The van der Waals surface area contributed by atoms with Gasteiger partial charge in [-0.1, -0.05) is 12.1 Å². The third-order valence-corrected chi connectivity index (χ3v) is 4.38. The number of aromatic carboxylic acids is 1. The topological polar surface area (TPSA) is 89.9 Å². The Labute approximate surface area is 156 Å². The molecule has 0 radical (unpaired) electrons. The maximum Gasteiger partial charge on any atom is 0.490 e. The number of carboxylic acid groups (broad SMARTS) is 2. The molecule has 0 bridgehead atoms. The normalized spacial score (nSPS) is 16.5. The van der Waals surface area contributed by atoms with Crippen molar-refractivity contribution in [1.29, 1.82) is 0 Å². The van der Waals surface area contributed by atoms with E-state index in [-0.39, 0.29) is 0 Å². The van der Waals surface area contributed by atoms with E-state index >= 15 is 0 Å². The number of halogens is 3. The number of benzene rings is 1. The Morgan fingerprint density at radius 3 is 2.37 bits per heavy atom. The first-order chi connectivity index (χ1) is 12.4. The van der Waals surface area contributed by atoms with Crippen molar-refractivity contribution >= 4 is 11.9 Å². The van der Waals surface area contributed by atoms with Crippen molar-refractivity contribution in [2.24, 2.45) is 0 Å². The molecule has 1 fully saturated rings. The van der Waals surface area contributed by atoms with Gasteiger partial charge in [0, 0.05) is 25.2 Å². The molecule has 27 heavy (non-hydrogen) atoms. The van der Waals surface area contributed by atoms with E-state index in [2.05, 4.69) is 24.1 Å². The zero-order chi connectivity index (χ0) is 20.7. The van der Waals surface area contributed by atoms with Crippen molar-refractivity contribution in [2.45, 2.75) is 44.9 Å². The summed E-state index contributed by atoms with van der Waals surface area (Å²) in [5.41, 5.74) is 1.70. The van der Waals surface area contributed by atoms with E-state index in [4.69, 9.17) is 15.0 Å². The van der Waals surface area contributed by atoms with Gasteiger partial charge in [0.25, 0.3) is 0 Å². The van der Waals surface area contributed by atoms with Crippen molar-refractivity contribution < 1.29 is 33.0 Å². The summed E-state index contributed by atoms with van der Waals surface area (Å²) in [4.78, 5) is 22.3. The third-order valence-electron chi connectivity index (χ3n) is 4.38. The molecule has 0 atom stereocenters. The summed E-state index contributed by atoms with van der Waals surface area (Å²) in [6.07, 6.45) is -2.53. The van der Waals surface area contributed by atoms with Crippen LogP contribution in [0.15, 0.2) is 24.3 Å². The molecule has 3 N–H and O–H groups in total. The molecule has 2 rings (SSSR count). The number of aliphatic carboxylic acids is 1. The van der Waals surface area contributed by atoms with Crippen LogP contribution in [0.25, 0.3) is 0 Å². The molecule has 9 heteroatoms. The van der Waals surface area contributed by atoms with E-state index in [9.17, 15) is 18.0 Å². The average molecular weight is 390 g/mol. The number of hydrogen-bond acceptors (Lipinski definition) is 4. The number of likely N-dealkylation sites (tertiary alicyclic amines) is 1. The number of carbonyl (C=O) groups is 2. The van der Waals surface area contributed by atoms with E-state index in [1.807, 2.05) is 6.07 Å². The van der Waals surface area contributed by atoms with Crippen LogP contribution in [0, 0.1) is 0 Å². The van der Waals surface area contributed by atoms with Gasteiger partial charge in [-0.3, -0.25) is 4.90 Å². The number of nitrogens with one attached hydrogen (secondary N) is 1. The van der Waals surface area contributed by atoms with E-state index in [1.165, 1.54) is 19.4 Å². The van der Waals surface area contributed by atoms with Crippen molar-refractivity contribution in [3.05, 3.63) is 35.4 Å². The predicted molar refractivity (Wildman–Crippen MR) is 93.7 cm³/mol. The van der Waals surface area contributed by atoms with Crippen molar-refractivity contribution in [3.8, 4) is 0 Å². The van der Waals surface area contributed by atoms with Crippen LogP contribution < -0.4 is 5.32 Å². The quantitative estimate of drug-likeness (QED) is 0.647. The highest BCUT2D eigenvalue weighted by molar-refractivity contribution is 5.87. The van der Waals surface area contributed by atoms with Crippen LogP contribution in [0.5, 0.6) is 0 Å². The zero-order valence-corrected chi connectivity index (χ0v) is 15.3. The molecule has 1 heterocycles. The molecular weight excluding hydrogens is 365 g/mol. The minimum absolute atomic E-state index is 0.324. The fourth-order valence-corrected chi connectivity index (χ4v) is 2.84. The van der Waals surface area contributed by atoms with E-state index in [1.54, 1.807) is 18.2 Å². The Kier molecular flexibility index (Phi) is 8.23. The Balaban J connectivity index is 0.000000445. The second-order valence-corrected chi connectivity index (χ2v) is 6.89. The Hall–Kier alpha value is -2.13. The lowest BCUT2D eigenvalue weighted by Gasteiger charge is -2.31. The molecule has 0 spiro atoms. The maximum atomic E-state index is 10.9. The number of carboxylic acids is 2. The second kappa shape index (κ2) is 9.70. The van der Waals surface area contributed by atoms with Gasteiger partial charge in [-0.05, 0) is 50.9 Å². The summed E-state index contributed by atoms with van der Waals surface area (Å²) in [5.74, 6) is -3.63. The average Bonchev–Trinajstić information content (AvgIpc) is 2.90. The summed E-state index contributed by atoms with van der Waals surface area (Å²) in [5, 5.41) is 19.5. The Bertz CT molecular complexity index is 648. The summed E-state index contributed by atoms with van der Waals surface area (Å²) >= 11 is 0. The molecule has 0 aromatic heterocycles. The summed E-state index contributed by atoms with van der Waals surface area (Å²) in [7, 11) is 0. The van der Waals surface area contributed by atoms with Crippen LogP contribution in [-0.2, 0) is 11.3 Å². The smallest absolute Gasteiger partial charge is 0.478 e. The van der Waals surface area contributed by atoms with E-state index < -0.39 is 18.1 Å². The van der Waals surface area contributed by atoms with E-state index in [0.717, 1.165) is 25.2 Å². The molecule has 0 amide bonds. The van der Waals surface area contributed by atoms with E-state index in [0.29, 0.717) is 11.1 Å². The van der Waals surface area contributed by atoms with Crippen molar-refractivity contribution in [1.82, 2.24) is 10.2 Å². The lowest BCUT2D eigenvalue weighted by Crippen LogP contribution is -2.41. The Morgan fingerprint density at radius 1 is 1.26 bits per heavy atom. The first-order valence-electron chi connectivity index (χ1n) is 8.51. The van der Waals surface area contributed by atoms with Gasteiger partial charge in [0.2, 0.25) is 0 Å². The highest BCUT2D eigenvalue weighted by atomic mass is 19.4. The molecule has 0 saturated carbocycles. The number of hydrogen-bond donors (Lipinski definition) is 3. The Morgan fingerprint density at radius 2 is 1.89 bits per heavy atom. The summed E-state index contributed by atoms with van der Waals surface area (Å²) in [6.45, 7) is 8.48. The van der Waals surface area contributed by atoms with Crippen LogP contribution in [0.1, 0.15) is 42.6 Å². The highest BCUT2D eigenvalue weighted by Crippen LogP contribution is 2.27. The molecule has 6 nitrogen and oxygen atoms in total. The maximum absolute atomic E-state index is 10.9. The minimum atomic E-state index is -5.08. The minimum Gasteiger partial charge on any atom is -0.478 e. The molecule has 1 aromatic carbocycles. The second-order valence-electron chi connectivity index (χ2n) is 6.89. The standard InChI is InChI=1S/C16H24N2O2.C2HF3O2/c1-16(2)7-4-9-18(16)10-8-17-12-13-5-3-6-14(11-13)15(19)20;3-2(4,5)1(6)7/h3,5-6,11,17H,4,7-10,12H2,1-2H3,(H,19,20);(H,6,7). The van der Waals surface area contributed by atoms with Gasteiger partial charge in [-0.2, -0.15) is 13.2 Å². The van der Waals surface area contributed by atoms with Gasteiger partial charge in [0.1, 0.15) is 0 Å². The molecule has 1 aliphatic rings. The van der Waals surface area contributed by atoms with Gasteiger partial charge in [0.15, 0.2) is 0 Å². The van der Waals surface area contributed by atoms with Gasteiger partial charge in [0.05, 0.1) is 5.56 Å². The largest absolute Gasteiger partial charge is 0.490 e. The number of alkyl halides is 3. The first-order valence-corrected chi connectivity index (χ1v) is 8.51. The van der Waals surface area contributed by atoms with Crippen LogP contribution in [-0.4, -0.2) is 58.4 Å². The van der Waals surface area contributed by atoms with Crippen LogP contribution in [0.2, 0.25) is 0 Å². The third kappa shape index (κ3) is 7.96. The first kappa shape index (κ1) is 22.9. The number of rotatable bonds is 6. The van der Waals surface area contributed by atoms with Crippen molar-refractivity contribution in [2.75, 3.05) is 19.6 Å². The fraction of sp³-hybridized carbons (Fsp3) is 0.556. The lowest BCUT2D eigenvalue weighted by molar-refractivity contribution is -0.192. The summed E-state index contributed by atoms with van der Waals surface area (Å²) in [6, 6.07) is 7.11. The molecule has 1 saturated heterocycles. The lowest BCUT2D eigenvalue weighted by atomic mass is 10.0. The molecule has 152 valence electrons. The molecule has 0 aliphatic carbocycles. The molecule has 1 aliphatic heterocycles. The SMILES string of the molecule is CC1(C)CCCN1CCNCc1cccc(C(=O)O)c1.O=C(O)C(F)(F)F. The van der Waals surface area contributed by atoms with Crippen LogP contribution in [0.3, 0.4) is 0 Å². The molecule has 0 unspecified atom stereocenters. The van der Waals surface area contributed by atoms with Crippen LogP contribution in [0.4, 0.5) is 13.2 Å². The highest BCUT2D eigenvalue weighted by Gasteiger charge is 2.38. The zero-order valence-electron chi connectivity index (χ0n) is 15.3. The van der Waals surface area contributed by atoms with Crippen molar-refractivity contribution in [3.63, 3.8) is 0 Å². The molecule has 1 aromatic rings. The predicted octanol–water partition coefficient (Wildman–Crippen LogP) is 2.98. The monoisotopic (exact) mass is 390 g/mol. The van der Waals surface area contributed by atoms with Gasteiger partial charge < -0.3 is 15.5 Å². The summed E-state index contributed by atoms with van der Waals surface area (Å²) < 4.78 is 31.7. The van der Waals surface area contributed by atoms with Crippen LogP contribution >= 0.6 is 0 Å². The van der Waals surface area contributed by atoms with Gasteiger partial charge in [-0.25, -0.2) is 9.59 Å². The van der Waals surface area contributed by atoms with Gasteiger partial charge in [-0.15, -0.1) is 0 Å².